The zero-order chi connectivity index (χ0) is 18.8. The maximum absolute atomic E-state index is 10.8. The number of likely N-dealkylation sites (tertiary alicyclic amines) is 1. The molecule has 5 nitrogen and oxygen atoms in total. The first kappa shape index (κ1) is 17.7. The lowest BCUT2D eigenvalue weighted by Crippen LogP contribution is -2.33. The SMILES string of the molecule is Cc1ccc2c(c1)OCc1cccnc1C2=C1CCN(CCC(=O)O)CC1. The molecule has 2 aliphatic rings. The van der Waals surface area contributed by atoms with Crippen LogP contribution in [0.3, 0.4) is 0 Å². The van der Waals surface area contributed by atoms with E-state index in [-0.39, 0.29) is 6.42 Å². The number of rotatable bonds is 3. The number of carboxylic acid groups (broad SMARTS) is 1. The molecular weight excluding hydrogens is 340 g/mol. The number of benzene rings is 1. The van der Waals surface area contributed by atoms with Crippen molar-refractivity contribution >= 4 is 11.5 Å². The van der Waals surface area contributed by atoms with Crippen LogP contribution in [0, 0.1) is 6.92 Å². The Labute approximate surface area is 159 Å². The molecule has 0 amide bonds. The normalized spacial score (nSPS) is 16.9. The third-order valence-electron chi connectivity index (χ3n) is 5.37. The predicted molar refractivity (Wildman–Crippen MR) is 104 cm³/mol. The summed E-state index contributed by atoms with van der Waals surface area (Å²) in [4.78, 5) is 17.8. The van der Waals surface area contributed by atoms with Crippen LogP contribution < -0.4 is 4.74 Å². The summed E-state index contributed by atoms with van der Waals surface area (Å²) in [5, 5.41) is 8.91. The first-order valence-corrected chi connectivity index (χ1v) is 9.46. The number of nitrogens with zero attached hydrogens (tertiary/aromatic N) is 2. The van der Waals surface area contributed by atoms with E-state index in [1.54, 1.807) is 0 Å². The smallest absolute Gasteiger partial charge is 0.304 e. The number of carboxylic acids is 1. The molecule has 0 spiro atoms. The largest absolute Gasteiger partial charge is 0.488 e. The van der Waals surface area contributed by atoms with E-state index in [0.717, 1.165) is 48.5 Å². The fourth-order valence-electron chi connectivity index (χ4n) is 3.93. The molecule has 1 fully saturated rings. The van der Waals surface area contributed by atoms with E-state index in [9.17, 15) is 4.79 Å². The first-order valence-electron chi connectivity index (χ1n) is 9.46. The van der Waals surface area contributed by atoms with Crippen LogP contribution in [-0.2, 0) is 11.4 Å². The van der Waals surface area contributed by atoms with Crippen LogP contribution in [0.25, 0.3) is 5.57 Å². The van der Waals surface area contributed by atoms with Gasteiger partial charge in [-0.05, 0) is 37.5 Å². The van der Waals surface area contributed by atoms with E-state index in [1.165, 1.54) is 16.7 Å². The first-order chi connectivity index (χ1) is 13.1. The van der Waals surface area contributed by atoms with Crippen LogP contribution in [0.15, 0.2) is 42.1 Å². The topological polar surface area (TPSA) is 62.7 Å². The average molecular weight is 364 g/mol. The Morgan fingerprint density at radius 2 is 2.07 bits per heavy atom. The van der Waals surface area contributed by atoms with Crippen molar-refractivity contribution in [2.45, 2.75) is 32.8 Å². The van der Waals surface area contributed by atoms with Gasteiger partial charge in [-0.2, -0.15) is 0 Å². The van der Waals surface area contributed by atoms with Crippen molar-refractivity contribution in [1.29, 1.82) is 0 Å². The summed E-state index contributed by atoms with van der Waals surface area (Å²) >= 11 is 0. The summed E-state index contributed by atoms with van der Waals surface area (Å²) in [5.41, 5.74) is 7.02. The molecule has 1 N–H and O–H groups in total. The Bertz CT molecular complexity index is 894. The summed E-state index contributed by atoms with van der Waals surface area (Å²) in [6.07, 6.45) is 3.91. The molecule has 0 bridgehead atoms. The summed E-state index contributed by atoms with van der Waals surface area (Å²) in [6, 6.07) is 10.4. The van der Waals surface area contributed by atoms with Crippen molar-refractivity contribution in [3.8, 4) is 5.75 Å². The lowest BCUT2D eigenvalue weighted by atomic mass is 9.89. The number of fused-ring (bicyclic) bond motifs is 2. The van der Waals surface area contributed by atoms with Gasteiger partial charge in [0.15, 0.2) is 0 Å². The van der Waals surface area contributed by atoms with E-state index in [4.69, 9.17) is 14.8 Å². The van der Waals surface area contributed by atoms with Crippen LogP contribution in [-0.4, -0.2) is 40.6 Å². The molecule has 140 valence electrons. The second-order valence-corrected chi connectivity index (χ2v) is 7.26. The number of ether oxygens (including phenoxy) is 1. The summed E-state index contributed by atoms with van der Waals surface area (Å²) < 4.78 is 6.11. The van der Waals surface area contributed by atoms with Gasteiger partial charge in [0.05, 0.1) is 12.1 Å². The highest BCUT2D eigenvalue weighted by Crippen LogP contribution is 2.40. The fourth-order valence-corrected chi connectivity index (χ4v) is 3.93. The van der Waals surface area contributed by atoms with Gasteiger partial charge in [0.25, 0.3) is 0 Å². The van der Waals surface area contributed by atoms with E-state index in [0.29, 0.717) is 13.2 Å². The maximum Gasteiger partial charge on any atom is 0.304 e. The van der Waals surface area contributed by atoms with E-state index >= 15 is 0 Å². The Kier molecular flexibility index (Phi) is 4.94. The molecule has 1 aromatic heterocycles. The van der Waals surface area contributed by atoms with Crippen molar-refractivity contribution < 1.29 is 14.6 Å². The van der Waals surface area contributed by atoms with Crippen molar-refractivity contribution in [3.63, 3.8) is 0 Å². The lowest BCUT2D eigenvalue weighted by Gasteiger charge is -2.29. The van der Waals surface area contributed by atoms with Crippen LogP contribution in [0.5, 0.6) is 5.75 Å². The number of hydrogen-bond acceptors (Lipinski definition) is 4. The Morgan fingerprint density at radius 3 is 2.85 bits per heavy atom. The van der Waals surface area contributed by atoms with Gasteiger partial charge < -0.3 is 14.7 Å². The Hall–Kier alpha value is -2.66. The standard InChI is InChI=1S/C22H24N2O3/c1-15-4-5-18-19(13-15)27-14-17-3-2-9-23-22(17)21(18)16-6-10-24(11-7-16)12-8-20(25)26/h2-5,9,13H,6-8,10-12,14H2,1H3,(H,25,26). The predicted octanol–water partition coefficient (Wildman–Crippen LogP) is 3.65. The zero-order valence-corrected chi connectivity index (χ0v) is 15.6. The quantitative estimate of drug-likeness (QED) is 0.901. The lowest BCUT2D eigenvalue weighted by molar-refractivity contribution is -0.137. The Balaban J connectivity index is 1.71. The van der Waals surface area contributed by atoms with Gasteiger partial charge in [0.1, 0.15) is 12.4 Å². The average Bonchev–Trinajstić information content (AvgIpc) is 2.83. The van der Waals surface area contributed by atoms with Crippen molar-refractivity contribution in [2.24, 2.45) is 0 Å². The summed E-state index contributed by atoms with van der Waals surface area (Å²) in [7, 11) is 0. The van der Waals surface area contributed by atoms with Crippen LogP contribution in [0.2, 0.25) is 0 Å². The van der Waals surface area contributed by atoms with E-state index < -0.39 is 5.97 Å². The van der Waals surface area contributed by atoms with Gasteiger partial charge in [0.2, 0.25) is 0 Å². The molecule has 27 heavy (non-hydrogen) atoms. The molecule has 1 aromatic carbocycles. The minimum Gasteiger partial charge on any atom is -0.488 e. The molecule has 0 atom stereocenters. The number of aryl methyl sites for hydroxylation is 1. The fraction of sp³-hybridized carbons (Fsp3) is 0.364. The second kappa shape index (κ2) is 7.53. The zero-order valence-electron chi connectivity index (χ0n) is 15.6. The minimum absolute atomic E-state index is 0.201. The highest BCUT2D eigenvalue weighted by Gasteiger charge is 2.25. The molecule has 5 heteroatoms. The number of aliphatic carboxylic acids is 1. The van der Waals surface area contributed by atoms with Crippen LogP contribution in [0.1, 0.15) is 41.6 Å². The number of hydrogen-bond donors (Lipinski definition) is 1. The molecule has 2 aromatic rings. The van der Waals surface area contributed by atoms with Gasteiger partial charge in [0, 0.05) is 42.5 Å². The molecular formula is C22H24N2O3. The molecule has 0 radical (unpaired) electrons. The summed E-state index contributed by atoms with van der Waals surface area (Å²) in [5.74, 6) is 0.186. The molecule has 0 aliphatic carbocycles. The van der Waals surface area contributed by atoms with Gasteiger partial charge >= 0.3 is 5.97 Å². The minimum atomic E-state index is -0.734. The number of pyridine rings is 1. The number of piperidine rings is 1. The number of aromatic nitrogens is 1. The van der Waals surface area contributed by atoms with Crippen LogP contribution in [0.4, 0.5) is 0 Å². The van der Waals surface area contributed by atoms with Gasteiger partial charge in [-0.25, -0.2) is 0 Å². The third-order valence-corrected chi connectivity index (χ3v) is 5.37. The van der Waals surface area contributed by atoms with E-state index in [2.05, 4.69) is 36.1 Å². The number of carbonyl (C=O) groups is 1. The molecule has 1 saturated heterocycles. The van der Waals surface area contributed by atoms with Gasteiger partial charge in [-0.15, -0.1) is 0 Å². The molecule has 0 saturated carbocycles. The molecule has 2 aliphatic heterocycles. The monoisotopic (exact) mass is 364 g/mol. The molecule has 4 rings (SSSR count). The third kappa shape index (κ3) is 3.74. The van der Waals surface area contributed by atoms with Crippen LogP contribution >= 0.6 is 0 Å². The highest BCUT2D eigenvalue weighted by atomic mass is 16.5. The highest BCUT2D eigenvalue weighted by molar-refractivity contribution is 5.85. The van der Waals surface area contributed by atoms with Gasteiger partial charge in [-0.1, -0.05) is 23.8 Å². The molecule has 3 heterocycles. The second-order valence-electron chi connectivity index (χ2n) is 7.26. The maximum atomic E-state index is 10.8. The molecule has 0 unspecified atom stereocenters. The van der Waals surface area contributed by atoms with Crippen molar-refractivity contribution in [2.75, 3.05) is 19.6 Å². The van der Waals surface area contributed by atoms with Gasteiger partial charge in [-0.3, -0.25) is 9.78 Å². The van der Waals surface area contributed by atoms with Crippen molar-refractivity contribution in [1.82, 2.24) is 9.88 Å². The summed E-state index contributed by atoms with van der Waals surface area (Å²) in [6.45, 7) is 4.99. The van der Waals surface area contributed by atoms with E-state index in [1.807, 2.05) is 12.3 Å². The van der Waals surface area contributed by atoms with Crippen molar-refractivity contribution in [3.05, 3.63) is 64.5 Å². The Morgan fingerprint density at radius 1 is 1.26 bits per heavy atom.